The van der Waals surface area contributed by atoms with Gasteiger partial charge in [-0.1, -0.05) is 17.7 Å². The Kier molecular flexibility index (Phi) is 8.50. The largest absolute Gasteiger partial charge is 0.383 e. The highest BCUT2D eigenvalue weighted by atomic mass is 35.5. The molecule has 0 aliphatic carbocycles. The average molecular weight is 382 g/mol. The molecule has 0 saturated carbocycles. The van der Waals surface area contributed by atoms with E-state index in [-0.39, 0.29) is 18.5 Å². The van der Waals surface area contributed by atoms with E-state index in [2.05, 4.69) is 31.9 Å². The van der Waals surface area contributed by atoms with Crippen LogP contribution < -0.4 is 20.9 Å². The molecule has 8 heteroatoms. The van der Waals surface area contributed by atoms with Crippen LogP contribution in [0.3, 0.4) is 0 Å². The first-order valence-corrected chi connectivity index (χ1v) is 9.31. The molecule has 1 unspecified atom stereocenters. The quantitative estimate of drug-likeness (QED) is 0.359. The van der Waals surface area contributed by atoms with Crippen molar-refractivity contribution < 1.29 is 9.53 Å². The van der Waals surface area contributed by atoms with Crippen molar-refractivity contribution in [3.8, 4) is 0 Å². The highest BCUT2D eigenvalue weighted by Crippen LogP contribution is 2.23. The van der Waals surface area contributed by atoms with Gasteiger partial charge in [0.25, 0.3) is 0 Å². The van der Waals surface area contributed by atoms with Gasteiger partial charge in [-0.3, -0.25) is 4.79 Å². The van der Waals surface area contributed by atoms with Gasteiger partial charge in [-0.15, -0.1) is 0 Å². The van der Waals surface area contributed by atoms with E-state index in [1.807, 2.05) is 25.1 Å². The minimum Gasteiger partial charge on any atom is -0.383 e. The Morgan fingerprint density at radius 2 is 2.27 bits per heavy atom. The van der Waals surface area contributed by atoms with Crippen molar-refractivity contribution in [3.63, 3.8) is 0 Å². The number of aliphatic imine (C=N–C) groups is 1. The monoisotopic (exact) mass is 381 g/mol. The first kappa shape index (κ1) is 20.3. The summed E-state index contributed by atoms with van der Waals surface area (Å²) in [5.41, 5.74) is 1.13. The Morgan fingerprint density at radius 3 is 3.00 bits per heavy atom. The number of benzene rings is 1. The normalized spacial score (nSPS) is 17.3. The van der Waals surface area contributed by atoms with Gasteiger partial charge in [-0.2, -0.15) is 0 Å². The van der Waals surface area contributed by atoms with Crippen molar-refractivity contribution in [1.82, 2.24) is 16.0 Å². The number of methoxy groups -OCH3 is 1. The molecular weight excluding hydrogens is 354 g/mol. The minimum atomic E-state index is -0.119. The van der Waals surface area contributed by atoms with Gasteiger partial charge < -0.3 is 25.6 Å². The number of anilines is 1. The van der Waals surface area contributed by atoms with Crippen LogP contribution in [0.2, 0.25) is 5.02 Å². The van der Waals surface area contributed by atoms with Crippen LogP contribution in [-0.2, 0) is 9.53 Å². The fourth-order valence-electron chi connectivity index (χ4n) is 2.80. The molecule has 1 aromatic rings. The van der Waals surface area contributed by atoms with E-state index in [1.54, 1.807) is 7.11 Å². The number of halogens is 1. The fraction of sp³-hybridized carbons (Fsp3) is 0.556. The molecule has 144 valence electrons. The molecule has 1 fully saturated rings. The van der Waals surface area contributed by atoms with Crippen LogP contribution in [0, 0.1) is 0 Å². The highest BCUT2D eigenvalue weighted by molar-refractivity contribution is 6.30. The Morgan fingerprint density at radius 1 is 1.42 bits per heavy atom. The number of nitrogens with one attached hydrogen (secondary N) is 3. The molecule has 1 aromatic carbocycles. The molecular formula is C18H28ClN5O2. The van der Waals surface area contributed by atoms with Crippen molar-refractivity contribution in [3.05, 3.63) is 29.3 Å². The van der Waals surface area contributed by atoms with Crippen molar-refractivity contribution in [2.45, 2.75) is 19.4 Å². The molecule has 1 aliphatic heterocycles. The van der Waals surface area contributed by atoms with Gasteiger partial charge in [0.05, 0.1) is 6.61 Å². The van der Waals surface area contributed by atoms with E-state index in [0.717, 1.165) is 36.8 Å². The number of nitrogens with zero attached hydrogens (tertiary/aromatic N) is 2. The number of hydrogen-bond donors (Lipinski definition) is 3. The number of guanidine groups is 1. The van der Waals surface area contributed by atoms with Crippen LogP contribution in [0.25, 0.3) is 0 Å². The molecule has 1 amide bonds. The summed E-state index contributed by atoms with van der Waals surface area (Å²) < 4.78 is 4.91. The second kappa shape index (κ2) is 10.9. The second-order valence-corrected chi connectivity index (χ2v) is 6.53. The summed E-state index contributed by atoms with van der Waals surface area (Å²) in [5.74, 6) is 0.540. The molecule has 1 atom stereocenters. The topological polar surface area (TPSA) is 78.0 Å². The standard InChI is InChI=1S/C18H28ClN5O2/c1-3-20-18(22-12-17(25)21-8-10-26-2)23-15-7-9-24(13-15)16-6-4-5-14(19)11-16/h4-6,11,15H,3,7-10,12-13H2,1-2H3,(H,21,25)(H2,20,22,23). The zero-order valence-electron chi connectivity index (χ0n) is 15.4. The third-order valence-electron chi connectivity index (χ3n) is 4.06. The van der Waals surface area contributed by atoms with E-state index < -0.39 is 0 Å². The maximum absolute atomic E-state index is 11.8. The Bertz CT molecular complexity index is 611. The number of carbonyl (C=O) groups is 1. The lowest BCUT2D eigenvalue weighted by atomic mass is 10.3. The average Bonchev–Trinajstić information content (AvgIpc) is 3.09. The lowest BCUT2D eigenvalue weighted by Crippen LogP contribution is -2.45. The van der Waals surface area contributed by atoms with Crippen LogP contribution in [0.1, 0.15) is 13.3 Å². The van der Waals surface area contributed by atoms with Gasteiger partial charge >= 0.3 is 0 Å². The SMILES string of the molecule is CCNC(=NCC(=O)NCCOC)NC1CCN(c2cccc(Cl)c2)C1. The van der Waals surface area contributed by atoms with Crippen molar-refractivity contribution in [2.24, 2.45) is 4.99 Å². The molecule has 2 rings (SSSR count). The first-order chi connectivity index (χ1) is 12.6. The predicted molar refractivity (Wildman–Crippen MR) is 106 cm³/mol. The summed E-state index contributed by atoms with van der Waals surface area (Å²) in [7, 11) is 1.60. The maximum atomic E-state index is 11.8. The zero-order valence-corrected chi connectivity index (χ0v) is 16.2. The summed E-state index contributed by atoms with van der Waals surface area (Å²) >= 11 is 6.08. The van der Waals surface area contributed by atoms with E-state index in [4.69, 9.17) is 16.3 Å². The van der Waals surface area contributed by atoms with Gasteiger partial charge in [0.2, 0.25) is 5.91 Å². The predicted octanol–water partition coefficient (Wildman–Crippen LogP) is 1.24. The first-order valence-electron chi connectivity index (χ1n) is 8.93. The number of amides is 1. The third-order valence-corrected chi connectivity index (χ3v) is 4.29. The zero-order chi connectivity index (χ0) is 18.8. The molecule has 3 N–H and O–H groups in total. The Hall–Kier alpha value is -1.99. The summed E-state index contributed by atoms with van der Waals surface area (Å²) in [4.78, 5) is 18.4. The number of ether oxygens (including phenoxy) is 1. The van der Waals surface area contributed by atoms with Gasteiger partial charge in [-0.05, 0) is 31.5 Å². The Labute approximate surface area is 160 Å². The number of rotatable bonds is 8. The van der Waals surface area contributed by atoms with Gasteiger partial charge in [-0.25, -0.2) is 4.99 Å². The van der Waals surface area contributed by atoms with Gasteiger partial charge in [0, 0.05) is 50.0 Å². The molecule has 1 aliphatic rings. The van der Waals surface area contributed by atoms with Crippen molar-refractivity contribution in [1.29, 1.82) is 0 Å². The van der Waals surface area contributed by atoms with Crippen LogP contribution in [0.5, 0.6) is 0 Å². The fourth-order valence-corrected chi connectivity index (χ4v) is 2.98. The maximum Gasteiger partial charge on any atom is 0.241 e. The molecule has 0 radical (unpaired) electrons. The molecule has 0 aromatic heterocycles. The van der Waals surface area contributed by atoms with Gasteiger partial charge in [0.15, 0.2) is 5.96 Å². The van der Waals surface area contributed by atoms with E-state index in [9.17, 15) is 4.79 Å². The number of hydrogen-bond acceptors (Lipinski definition) is 4. The molecule has 1 saturated heterocycles. The number of carbonyl (C=O) groups excluding carboxylic acids is 1. The lowest BCUT2D eigenvalue weighted by molar-refractivity contribution is -0.119. The minimum absolute atomic E-state index is 0.0871. The van der Waals surface area contributed by atoms with Crippen LogP contribution >= 0.6 is 11.6 Å². The summed E-state index contributed by atoms with van der Waals surface area (Å²) in [6.07, 6.45) is 0.997. The molecule has 0 spiro atoms. The molecule has 26 heavy (non-hydrogen) atoms. The molecule has 7 nitrogen and oxygen atoms in total. The third kappa shape index (κ3) is 6.72. The van der Waals surface area contributed by atoms with Crippen LogP contribution in [0.4, 0.5) is 5.69 Å². The van der Waals surface area contributed by atoms with E-state index in [0.29, 0.717) is 19.1 Å². The smallest absolute Gasteiger partial charge is 0.241 e. The highest BCUT2D eigenvalue weighted by Gasteiger charge is 2.23. The van der Waals surface area contributed by atoms with Crippen molar-refractivity contribution >= 4 is 29.2 Å². The summed E-state index contributed by atoms with van der Waals surface area (Å²) in [6.45, 7) is 5.63. The van der Waals surface area contributed by atoms with E-state index >= 15 is 0 Å². The van der Waals surface area contributed by atoms with E-state index in [1.165, 1.54) is 0 Å². The van der Waals surface area contributed by atoms with Crippen LogP contribution in [-0.4, -0.2) is 64.3 Å². The second-order valence-electron chi connectivity index (χ2n) is 6.09. The Balaban J connectivity index is 1.85. The van der Waals surface area contributed by atoms with Crippen molar-refractivity contribution in [2.75, 3.05) is 51.3 Å². The molecule has 1 heterocycles. The summed E-state index contributed by atoms with van der Waals surface area (Å²) in [5, 5.41) is 10.1. The lowest BCUT2D eigenvalue weighted by Gasteiger charge is -2.20. The summed E-state index contributed by atoms with van der Waals surface area (Å²) in [6, 6.07) is 8.16. The van der Waals surface area contributed by atoms with Crippen LogP contribution in [0.15, 0.2) is 29.3 Å². The van der Waals surface area contributed by atoms with Gasteiger partial charge in [0.1, 0.15) is 6.54 Å². The molecule has 0 bridgehead atoms.